The van der Waals surface area contributed by atoms with Crippen molar-refractivity contribution in [3.05, 3.63) is 100 Å². The Labute approximate surface area is 309 Å². The van der Waals surface area contributed by atoms with Gasteiger partial charge in [-0.25, -0.2) is 12.4 Å². The summed E-state index contributed by atoms with van der Waals surface area (Å²) in [6, 6.07) is 12.3. The van der Waals surface area contributed by atoms with Crippen molar-refractivity contribution in [1.82, 2.24) is 19.1 Å². The number of hydrogen-bond donors (Lipinski definition) is 1. The van der Waals surface area contributed by atoms with Gasteiger partial charge >= 0.3 is 11.6 Å². The highest BCUT2D eigenvalue weighted by Crippen LogP contribution is 2.40. The summed E-state index contributed by atoms with van der Waals surface area (Å²) in [5, 5.41) is 14.9. The van der Waals surface area contributed by atoms with Crippen LogP contribution in [0.25, 0.3) is 16.4 Å². The summed E-state index contributed by atoms with van der Waals surface area (Å²) < 4.78 is 34.9. The van der Waals surface area contributed by atoms with Crippen LogP contribution in [0.3, 0.4) is 0 Å². The molecule has 5 rings (SSSR count). The fraction of sp³-hybridized carbons (Fsp3) is 0.333. The molecule has 18 heteroatoms. The van der Waals surface area contributed by atoms with E-state index in [0.29, 0.717) is 4.90 Å². The first-order chi connectivity index (χ1) is 25.3. The Hall–Kier alpha value is -6.26. The fourth-order valence-electron chi connectivity index (χ4n) is 6.46. The van der Waals surface area contributed by atoms with Crippen molar-refractivity contribution in [2.75, 3.05) is 6.54 Å². The van der Waals surface area contributed by atoms with Crippen LogP contribution in [-0.4, -0.2) is 79.1 Å². The number of nitrogens with one attached hydrogen (secondary N) is 1. The molecule has 1 aliphatic rings. The van der Waals surface area contributed by atoms with Crippen LogP contribution < -0.4 is 5.32 Å². The number of carbonyl (C=O) groups is 5. The molecule has 1 saturated heterocycles. The number of aromatic nitrogens is 1. The number of nitro groups is 1. The number of Topliss-reactive ketones (excluding diaryl/α,β-unsaturated/α-hetero) is 1. The molecular weight excluding hydrogens is 723 g/mol. The number of amides is 4. The summed E-state index contributed by atoms with van der Waals surface area (Å²) in [7, 11) is -4.72. The lowest BCUT2D eigenvalue weighted by Crippen LogP contribution is -2.60. The molecule has 0 radical (unpaired) electrons. The Morgan fingerprint density at radius 1 is 1.09 bits per heavy atom. The Morgan fingerprint density at radius 2 is 1.76 bits per heavy atom. The van der Waals surface area contributed by atoms with Gasteiger partial charge in [-0.2, -0.15) is 4.79 Å². The molecule has 2 aromatic carbocycles. The molecule has 0 saturated carbocycles. The molecule has 2 aromatic heterocycles. The average molecular weight is 760 g/mol. The van der Waals surface area contributed by atoms with E-state index in [1.807, 2.05) is 0 Å². The Balaban J connectivity index is 1.75. The number of nitrogens with zero attached hydrogens (tertiary/aromatic N) is 6. The maximum absolute atomic E-state index is 15.1. The van der Waals surface area contributed by atoms with Crippen LogP contribution in [-0.2, 0) is 40.5 Å². The predicted octanol–water partition coefficient (Wildman–Crippen LogP) is 3.78. The van der Waals surface area contributed by atoms with Gasteiger partial charge in [0.2, 0.25) is 23.5 Å². The third-order valence-corrected chi connectivity index (χ3v) is 10.7. The van der Waals surface area contributed by atoms with Gasteiger partial charge in [0.1, 0.15) is 17.2 Å². The van der Waals surface area contributed by atoms with Gasteiger partial charge in [-0.3, -0.25) is 39.0 Å². The van der Waals surface area contributed by atoms with Crippen LogP contribution in [0.4, 0.5) is 5.69 Å². The van der Waals surface area contributed by atoms with Gasteiger partial charge in [0.25, 0.3) is 15.7 Å². The number of carbonyl (C=O) groups excluding carboxylic acids is 5. The van der Waals surface area contributed by atoms with Crippen LogP contribution >= 0.6 is 0 Å². The van der Waals surface area contributed by atoms with Crippen LogP contribution in [0, 0.1) is 15.5 Å². The van der Waals surface area contributed by atoms with E-state index in [0.717, 1.165) is 34.1 Å². The van der Waals surface area contributed by atoms with Crippen LogP contribution in [0.1, 0.15) is 64.8 Å². The zero-order chi connectivity index (χ0) is 39.7. The second-order valence-electron chi connectivity index (χ2n) is 14.0. The van der Waals surface area contributed by atoms with E-state index in [1.54, 1.807) is 32.9 Å². The summed E-state index contributed by atoms with van der Waals surface area (Å²) in [5.74, 6) is -4.69. The first kappa shape index (κ1) is 39.0. The third kappa shape index (κ3) is 7.20. The summed E-state index contributed by atoms with van der Waals surface area (Å²) in [6.45, 7) is 6.71. The number of nitro benzene ring substituents is 1. The molecule has 2 atom stereocenters. The maximum Gasteiger partial charge on any atom is 0.421 e. The van der Waals surface area contributed by atoms with Gasteiger partial charge in [-0.15, -0.1) is 0 Å². The number of benzene rings is 2. The number of piperidine rings is 1. The molecule has 1 unspecified atom stereocenters. The van der Waals surface area contributed by atoms with Gasteiger partial charge < -0.3 is 20.2 Å². The van der Waals surface area contributed by atoms with Gasteiger partial charge in [0.05, 0.1) is 23.2 Å². The van der Waals surface area contributed by atoms with Crippen molar-refractivity contribution in [3.8, 4) is 0 Å². The Morgan fingerprint density at radius 3 is 2.37 bits per heavy atom. The van der Waals surface area contributed by atoms with E-state index >= 15 is 4.79 Å². The number of fused-ring (bicyclic) bond motifs is 1. The number of likely N-dealkylation sites (tertiary alicyclic amines) is 1. The van der Waals surface area contributed by atoms with Gasteiger partial charge in [-0.1, -0.05) is 30.3 Å². The Bertz CT molecular complexity index is 2350. The summed E-state index contributed by atoms with van der Waals surface area (Å²) >= 11 is 0. The zero-order valence-electron chi connectivity index (χ0n) is 30.0. The SMILES string of the molecule is CC(=O)C(=[N+]=[N-])C(=O)N1CCC[C@](C)(C(=O)N(Cc2ccco2)C(C(=O)NC(C)(C)C)c2cn(S(=O)(=O)c3ccccc3[N+](=O)[O-])c3ccccc23)C1=O. The van der Waals surface area contributed by atoms with E-state index in [2.05, 4.69) is 10.1 Å². The normalized spacial score (nSPS) is 16.7. The van der Waals surface area contributed by atoms with E-state index < -0.39 is 84.2 Å². The number of ketones is 1. The third-order valence-electron chi connectivity index (χ3n) is 8.96. The lowest BCUT2D eigenvalue weighted by atomic mass is 9.78. The number of imide groups is 1. The van der Waals surface area contributed by atoms with E-state index in [9.17, 15) is 43.2 Å². The summed E-state index contributed by atoms with van der Waals surface area (Å²) in [6.07, 6.45) is 2.44. The van der Waals surface area contributed by atoms with Crippen molar-refractivity contribution in [2.45, 2.75) is 70.5 Å². The van der Waals surface area contributed by atoms with Gasteiger partial charge in [0.15, 0.2) is 4.90 Å². The number of para-hydroxylation sites is 2. The van der Waals surface area contributed by atoms with E-state index in [-0.39, 0.29) is 41.6 Å². The number of rotatable bonds is 11. The average Bonchev–Trinajstić information content (AvgIpc) is 3.77. The maximum atomic E-state index is 15.1. The molecule has 1 N–H and O–H groups in total. The lowest BCUT2D eigenvalue weighted by Gasteiger charge is -2.41. The quantitative estimate of drug-likeness (QED) is 0.0580. The van der Waals surface area contributed by atoms with Crippen molar-refractivity contribution in [2.24, 2.45) is 5.41 Å². The smallest absolute Gasteiger partial charge is 0.421 e. The zero-order valence-corrected chi connectivity index (χ0v) is 30.8. The van der Waals surface area contributed by atoms with E-state index in [1.165, 1.54) is 49.6 Å². The van der Waals surface area contributed by atoms with Crippen molar-refractivity contribution < 1.29 is 46.5 Å². The molecule has 3 heterocycles. The largest absolute Gasteiger partial charge is 0.467 e. The second kappa shape index (κ2) is 14.6. The molecule has 1 fully saturated rings. The highest BCUT2D eigenvalue weighted by Gasteiger charge is 2.53. The van der Waals surface area contributed by atoms with Gasteiger partial charge in [0, 0.05) is 42.2 Å². The molecule has 0 bridgehead atoms. The number of furan rings is 1. The molecule has 1 aliphatic heterocycles. The molecule has 282 valence electrons. The van der Waals surface area contributed by atoms with Crippen LogP contribution in [0.15, 0.2) is 82.4 Å². The molecule has 0 spiro atoms. The molecular formula is C36H37N7O10S. The second-order valence-corrected chi connectivity index (χ2v) is 15.8. The predicted molar refractivity (Wildman–Crippen MR) is 191 cm³/mol. The van der Waals surface area contributed by atoms with Crippen molar-refractivity contribution in [1.29, 1.82) is 0 Å². The Kier molecular flexibility index (Phi) is 10.6. The first-order valence-electron chi connectivity index (χ1n) is 16.7. The van der Waals surface area contributed by atoms with Crippen LogP contribution in [0.2, 0.25) is 0 Å². The molecule has 54 heavy (non-hydrogen) atoms. The topological polar surface area (TPSA) is 236 Å². The molecule has 0 aliphatic carbocycles. The molecule has 4 amide bonds. The minimum absolute atomic E-state index is 0.0134. The summed E-state index contributed by atoms with van der Waals surface area (Å²) in [5.41, 5.74) is 4.85. The molecule has 4 aromatic rings. The highest BCUT2D eigenvalue weighted by atomic mass is 32.2. The minimum atomic E-state index is -4.72. The lowest BCUT2D eigenvalue weighted by molar-refractivity contribution is -0.387. The van der Waals surface area contributed by atoms with Gasteiger partial charge in [-0.05, 0) is 64.8 Å². The highest BCUT2D eigenvalue weighted by molar-refractivity contribution is 7.90. The van der Waals surface area contributed by atoms with Crippen molar-refractivity contribution >= 4 is 61.7 Å². The van der Waals surface area contributed by atoms with Crippen molar-refractivity contribution in [3.63, 3.8) is 0 Å². The fourth-order valence-corrected chi connectivity index (χ4v) is 8.00. The van der Waals surface area contributed by atoms with E-state index in [4.69, 9.17) is 4.42 Å². The standard InChI is InChI=1S/C36H37N7O10S/c1-22(44)29(39-37)32(46)40-18-11-17-36(5,33(40)47)34(48)41(20-23-12-10-19-53-23)30(31(45)38-35(2,3)4)25-21-42(26-14-7-6-13-24(25)26)54(51,52)28-16-9-8-15-27(28)43(49)50/h6-10,12-16,19,21,30H,11,17-18,20H2,1-5H3,(H,38,45)/t30?,36-/m0/s1. The summed E-state index contributed by atoms with van der Waals surface area (Å²) in [4.78, 5) is 84.0. The monoisotopic (exact) mass is 759 g/mol. The minimum Gasteiger partial charge on any atom is -0.467 e. The number of hydrogen-bond acceptors (Lipinski definition) is 10. The first-order valence-corrected chi connectivity index (χ1v) is 18.1. The van der Waals surface area contributed by atoms with Crippen LogP contribution in [0.5, 0.6) is 0 Å². The molecule has 17 nitrogen and oxygen atoms in total.